The fraction of sp³-hybridized carbons (Fsp3) is 0.667. The third-order valence-electron chi connectivity index (χ3n) is 4.48. The Labute approximate surface area is 147 Å². The Morgan fingerprint density at radius 2 is 1.62 bits per heavy atom. The fourth-order valence-electron chi connectivity index (χ4n) is 1.84. The van der Waals surface area contributed by atoms with Gasteiger partial charge in [0.15, 0.2) is 14.2 Å². The van der Waals surface area contributed by atoms with Crippen molar-refractivity contribution in [3.8, 4) is 0 Å². The Bertz CT molecular complexity index is 447. The van der Waals surface area contributed by atoms with E-state index in [9.17, 15) is 9.59 Å². The van der Waals surface area contributed by atoms with E-state index < -0.39 is 32.1 Å². The largest absolute Gasteiger partial charge is 0.468 e. The Kier molecular flexibility index (Phi) is 9.21. The molecule has 0 aromatic heterocycles. The van der Waals surface area contributed by atoms with Crippen molar-refractivity contribution >= 4 is 20.3 Å². The lowest BCUT2D eigenvalue weighted by Gasteiger charge is -2.36. The van der Waals surface area contributed by atoms with Crippen LogP contribution in [0.15, 0.2) is 24.8 Å². The van der Waals surface area contributed by atoms with Gasteiger partial charge in [0.25, 0.3) is 0 Å². The molecule has 0 amide bonds. The van der Waals surface area contributed by atoms with Crippen LogP contribution in [-0.4, -0.2) is 41.1 Å². The number of rotatable bonds is 9. The van der Waals surface area contributed by atoms with Crippen LogP contribution in [0.25, 0.3) is 0 Å². The van der Waals surface area contributed by atoms with Gasteiger partial charge in [-0.15, -0.1) is 6.58 Å². The molecule has 0 saturated heterocycles. The number of carbonyl (C=O) groups is 2. The first-order valence-electron chi connectivity index (χ1n) is 8.10. The molecule has 0 aliphatic carbocycles. The van der Waals surface area contributed by atoms with Gasteiger partial charge in [-0.3, -0.25) is 9.59 Å². The van der Waals surface area contributed by atoms with Crippen molar-refractivity contribution in [2.75, 3.05) is 20.8 Å². The quantitative estimate of drug-likeness (QED) is 0.207. The van der Waals surface area contributed by atoms with Crippen LogP contribution in [0.2, 0.25) is 18.1 Å². The summed E-state index contributed by atoms with van der Waals surface area (Å²) in [5, 5.41) is 0.168. The second-order valence-corrected chi connectivity index (χ2v) is 12.0. The summed E-state index contributed by atoms with van der Waals surface area (Å²) in [6, 6.07) is 0. The van der Waals surface area contributed by atoms with Gasteiger partial charge < -0.3 is 13.9 Å². The second kappa shape index (κ2) is 9.79. The average Bonchev–Trinajstić information content (AvgIpc) is 2.51. The smallest absolute Gasteiger partial charge is 0.320 e. The highest BCUT2D eigenvalue weighted by atomic mass is 28.4. The van der Waals surface area contributed by atoms with Crippen molar-refractivity contribution in [1.82, 2.24) is 0 Å². The van der Waals surface area contributed by atoms with E-state index in [-0.39, 0.29) is 5.04 Å². The Morgan fingerprint density at radius 1 is 1.12 bits per heavy atom. The molecular formula is C18H32O5Si. The summed E-state index contributed by atoms with van der Waals surface area (Å²) < 4.78 is 15.5. The van der Waals surface area contributed by atoms with Crippen LogP contribution in [0.1, 0.15) is 27.2 Å². The first-order chi connectivity index (χ1) is 11.0. The minimum absolute atomic E-state index is 0.168. The molecule has 0 N–H and O–H groups in total. The van der Waals surface area contributed by atoms with Crippen molar-refractivity contribution in [3.63, 3.8) is 0 Å². The summed E-state index contributed by atoms with van der Waals surface area (Å²) in [6.45, 7) is 15.3. The molecule has 5 nitrogen and oxygen atoms in total. The van der Waals surface area contributed by atoms with Gasteiger partial charge in [0.05, 0.1) is 14.2 Å². The average molecular weight is 357 g/mol. The number of ether oxygens (including phenoxy) is 2. The van der Waals surface area contributed by atoms with Gasteiger partial charge in [0, 0.05) is 12.5 Å². The van der Waals surface area contributed by atoms with Gasteiger partial charge in [-0.2, -0.15) is 0 Å². The van der Waals surface area contributed by atoms with Gasteiger partial charge in [0.2, 0.25) is 0 Å². The zero-order chi connectivity index (χ0) is 19.0. The maximum Gasteiger partial charge on any atom is 0.320 e. The Balaban J connectivity index is 4.77. The summed E-state index contributed by atoms with van der Waals surface area (Å²) in [5.41, 5.74) is 0. The summed E-state index contributed by atoms with van der Waals surface area (Å²) in [5.74, 6) is -2.77. The molecular weight excluding hydrogens is 324 g/mol. The molecule has 0 aromatic rings. The van der Waals surface area contributed by atoms with Crippen molar-refractivity contribution in [2.45, 2.75) is 45.3 Å². The van der Waals surface area contributed by atoms with Crippen LogP contribution in [0.4, 0.5) is 0 Å². The molecule has 0 aliphatic rings. The molecule has 6 heteroatoms. The minimum Gasteiger partial charge on any atom is -0.468 e. The summed E-state index contributed by atoms with van der Waals surface area (Å²) in [7, 11) is 0.729. The standard InChI is InChI=1S/C18H32O5Si/c1-9-14(15(16(19)21-5)17(20)22-6)12-10-11-13-23-24(7,8)18(2,3)4/h9-10,12,14-15H,1,11,13H2,2-8H3/b12-10+/t14-/m0/s1. The van der Waals surface area contributed by atoms with Gasteiger partial charge in [-0.1, -0.05) is 39.0 Å². The molecule has 138 valence electrons. The summed E-state index contributed by atoms with van der Waals surface area (Å²) in [6.07, 6.45) is 5.93. The minimum atomic E-state index is -1.76. The highest BCUT2D eigenvalue weighted by molar-refractivity contribution is 6.74. The molecule has 0 unspecified atom stereocenters. The van der Waals surface area contributed by atoms with Crippen LogP contribution >= 0.6 is 0 Å². The molecule has 24 heavy (non-hydrogen) atoms. The van der Waals surface area contributed by atoms with Crippen LogP contribution in [0.3, 0.4) is 0 Å². The Hall–Kier alpha value is -1.40. The van der Waals surface area contributed by atoms with Gasteiger partial charge in [-0.25, -0.2) is 0 Å². The number of hydrogen-bond acceptors (Lipinski definition) is 5. The van der Waals surface area contributed by atoms with Crippen molar-refractivity contribution in [2.24, 2.45) is 11.8 Å². The third-order valence-corrected chi connectivity index (χ3v) is 9.02. The van der Waals surface area contributed by atoms with Crippen molar-refractivity contribution in [3.05, 3.63) is 24.8 Å². The van der Waals surface area contributed by atoms with Crippen LogP contribution in [0.5, 0.6) is 0 Å². The lowest BCUT2D eigenvalue weighted by atomic mass is 9.91. The molecule has 0 radical (unpaired) electrons. The van der Waals surface area contributed by atoms with Crippen molar-refractivity contribution in [1.29, 1.82) is 0 Å². The second-order valence-electron chi connectivity index (χ2n) is 7.16. The highest BCUT2D eigenvalue weighted by Crippen LogP contribution is 2.36. The topological polar surface area (TPSA) is 61.8 Å². The zero-order valence-electron chi connectivity index (χ0n) is 16.0. The van der Waals surface area contributed by atoms with E-state index in [2.05, 4.69) is 49.9 Å². The number of carbonyl (C=O) groups excluding carboxylic acids is 2. The lowest BCUT2D eigenvalue weighted by molar-refractivity contribution is -0.159. The molecule has 1 atom stereocenters. The number of methoxy groups -OCH3 is 2. The molecule has 0 saturated carbocycles. The molecule has 0 aromatic carbocycles. The van der Waals surface area contributed by atoms with E-state index in [0.29, 0.717) is 13.0 Å². The van der Waals surface area contributed by atoms with Crippen LogP contribution < -0.4 is 0 Å². The van der Waals surface area contributed by atoms with Crippen LogP contribution in [-0.2, 0) is 23.5 Å². The van der Waals surface area contributed by atoms with E-state index in [1.54, 1.807) is 12.2 Å². The number of esters is 2. The van der Waals surface area contributed by atoms with Gasteiger partial charge in [-0.05, 0) is 24.6 Å². The summed E-state index contributed by atoms with van der Waals surface area (Å²) >= 11 is 0. The Morgan fingerprint density at radius 3 is 2.00 bits per heavy atom. The SMILES string of the molecule is C=C[C@@H](/C=C/CCO[Si](C)(C)C(C)(C)C)C(C(=O)OC)C(=O)OC. The molecule has 0 heterocycles. The number of hydrogen-bond donors (Lipinski definition) is 0. The molecule has 0 bridgehead atoms. The third kappa shape index (κ3) is 6.61. The van der Waals surface area contributed by atoms with E-state index in [1.165, 1.54) is 14.2 Å². The van der Waals surface area contributed by atoms with Gasteiger partial charge >= 0.3 is 11.9 Å². The molecule has 0 spiro atoms. The predicted octanol–water partition coefficient (Wildman–Crippen LogP) is 3.72. The maximum absolute atomic E-state index is 11.8. The van der Waals surface area contributed by atoms with Gasteiger partial charge in [0.1, 0.15) is 0 Å². The predicted molar refractivity (Wildman–Crippen MR) is 98.1 cm³/mol. The van der Waals surface area contributed by atoms with E-state index >= 15 is 0 Å². The number of allylic oxidation sites excluding steroid dienone is 2. The maximum atomic E-state index is 11.8. The normalized spacial score (nSPS) is 13.8. The molecule has 0 rings (SSSR count). The molecule has 0 aliphatic heterocycles. The zero-order valence-corrected chi connectivity index (χ0v) is 17.0. The lowest BCUT2D eigenvalue weighted by Crippen LogP contribution is -2.40. The van der Waals surface area contributed by atoms with E-state index in [0.717, 1.165) is 0 Å². The van der Waals surface area contributed by atoms with Crippen LogP contribution in [0, 0.1) is 11.8 Å². The monoisotopic (exact) mass is 356 g/mol. The van der Waals surface area contributed by atoms with Crippen molar-refractivity contribution < 1.29 is 23.5 Å². The van der Waals surface area contributed by atoms with E-state index in [1.807, 2.05) is 6.08 Å². The van der Waals surface area contributed by atoms with E-state index in [4.69, 9.17) is 4.43 Å². The first-order valence-corrected chi connectivity index (χ1v) is 11.0. The summed E-state index contributed by atoms with van der Waals surface area (Å²) in [4.78, 5) is 23.6. The molecule has 0 fully saturated rings. The first kappa shape index (κ1) is 22.6. The highest BCUT2D eigenvalue weighted by Gasteiger charge is 2.37. The fourth-order valence-corrected chi connectivity index (χ4v) is 2.90.